The standard InChI is InChI=1S/C12H12N2O2/c13-12(16)9-2-4-11-8(7-9)1-3-10(14-11)5-6-15/h1-4,7,15H,5-6H2,(H2,13,16). The van der Waals surface area contributed by atoms with E-state index in [0.29, 0.717) is 12.0 Å². The summed E-state index contributed by atoms with van der Waals surface area (Å²) < 4.78 is 0. The van der Waals surface area contributed by atoms with E-state index in [0.717, 1.165) is 16.6 Å². The lowest BCUT2D eigenvalue weighted by Gasteiger charge is -2.02. The van der Waals surface area contributed by atoms with Crippen LogP contribution in [0.5, 0.6) is 0 Å². The molecule has 1 heterocycles. The summed E-state index contributed by atoms with van der Waals surface area (Å²) in [5, 5.41) is 9.68. The Morgan fingerprint density at radius 3 is 2.81 bits per heavy atom. The van der Waals surface area contributed by atoms with Crippen molar-refractivity contribution in [2.75, 3.05) is 6.61 Å². The number of benzene rings is 1. The van der Waals surface area contributed by atoms with Crippen molar-refractivity contribution in [2.24, 2.45) is 5.73 Å². The van der Waals surface area contributed by atoms with Gasteiger partial charge in [-0.2, -0.15) is 0 Å². The molecular formula is C12H12N2O2. The molecule has 0 aliphatic rings. The highest BCUT2D eigenvalue weighted by Gasteiger charge is 2.03. The molecule has 1 aromatic carbocycles. The highest BCUT2D eigenvalue weighted by Crippen LogP contribution is 2.14. The van der Waals surface area contributed by atoms with E-state index in [2.05, 4.69) is 4.98 Å². The third-order valence-corrected chi connectivity index (χ3v) is 2.40. The van der Waals surface area contributed by atoms with E-state index in [1.54, 1.807) is 18.2 Å². The van der Waals surface area contributed by atoms with Gasteiger partial charge in [0.05, 0.1) is 5.52 Å². The summed E-state index contributed by atoms with van der Waals surface area (Å²) in [6, 6.07) is 8.84. The number of primary amides is 1. The number of amides is 1. The van der Waals surface area contributed by atoms with Gasteiger partial charge in [0, 0.05) is 29.7 Å². The summed E-state index contributed by atoms with van der Waals surface area (Å²) >= 11 is 0. The first-order valence-corrected chi connectivity index (χ1v) is 5.01. The van der Waals surface area contributed by atoms with Gasteiger partial charge in [0.2, 0.25) is 5.91 Å². The van der Waals surface area contributed by atoms with Gasteiger partial charge in [0.1, 0.15) is 0 Å². The molecule has 0 unspecified atom stereocenters. The molecule has 4 nitrogen and oxygen atoms in total. The molecule has 0 bridgehead atoms. The smallest absolute Gasteiger partial charge is 0.248 e. The fourth-order valence-electron chi connectivity index (χ4n) is 1.57. The van der Waals surface area contributed by atoms with Gasteiger partial charge >= 0.3 is 0 Å². The highest BCUT2D eigenvalue weighted by atomic mass is 16.3. The van der Waals surface area contributed by atoms with E-state index in [9.17, 15) is 4.79 Å². The number of hydrogen-bond acceptors (Lipinski definition) is 3. The molecule has 0 fully saturated rings. The first-order chi connectivity index (χ1) is 7.70. The third kappa shape index (κ3) is 2.01. The zero-order valence-electron chi connectivity index (χ0n) is 8.68. The number of fused-ring (bicyclic) bond motifs is 1. The summed E-state index contributed by atoms with van der Waals surface area (Å²) in [4.78, 5) is 15.3. The number of hydrogen-bond donors (Lipinski definition) is 2. The zero-order chi connectivity index (χ0) is 11.5. The Hall–Kier alpha value is -1.94. The number of aliphatic hydroxyl groups is 1. The van der Waals surface area contributed by atoms with Crippen molar-refractivity contribution in [3.63, 3.8) is 0 Å². The Morgan fingerprint density at radius 2 is 2.12 bits per heavy atom. The molecule has 0 spiro atoms. The maximum atomic E-state index is 11.0. The van der Waals surface area contributed by atoms with Gasteiger partial charge in [-0.15, -0.1) is 0 Å². The number of nitrogens with zero attached hydrogens (tertiary/aromatic N) is 1. The highest BCUT2D eigenvalue weighted by molar-refractivity contribution is 5.96. The fourth-order valence-corrected chi connectivity index (χ4v) is 1.57. The number of aliphatic hydroxyl groups excluding tert-OH is 1. The topological polar surface area (TPSA) is 76.2 Å². The maximum Gasteiger partial charge on any atom is 0.248 e. The monoisotopic (exact) mass is 216 g/mol. The third-order valence-electron chi connectivity index (χ3n) is 2.40. The first-order valence-electron chi connectivity index (χ1n) is 5.01. The molecule has 16 heavy (non-hydrogen) atoms. The van der Waals surface area contributed by atoms with Gasteiger partial charge < -0.3 is 10.8 Å². The second-order valence-electron chi connectivity index (χ2n) is 3.55. The van der Waals surface area contributed by atoms with Gasteiger partial charge in [-0.25, -0.2) is 0 Å². The lowest BCUT2D eigenvalue weighted by molar-refractivity contribution is 0.100. The molecule has 0 aliphatic carbocycles. The predicted octanol–water partition coefficient (Wildman–Crippen LogP) is 0.868. The molecule has 82 valence electrons. The van der Waals surface area contributed by atoms with Crippen LogP contribution in [0.15, 0.2) is 30.3 Å². The predicted molar refractivity (Wildman–Crippen MR) is 61.1 cm³/mol. The van der Waals surface area contributed by atoms with Gasteiger partial charge in [0.15, 0.2) is 0 Å². The van der Waals surface area contributed by atoms with E-state index in [4.69, 9.17) is 10.8 Å². The van der Waals surface area contributed by atoms with Crippen LogP contribution in [0.25, 0.3) is 10.9 Å². The zero-order valence-corrected chi connectivity index (χ0v) is 8.68. The lowest BCUT2D eigenvalue weighted by Crippen LogP contribution is -2.10. The number of carbonyl (C=O) groups is 1. The van der Waals surface area contributed by atoms with Crippen LogP contribution >= 0.6 is 0 Å². The van der Waals surface area contributed by atoms with Gasteiger partial charge in [-0.05, 0) is 24.3 Å². The van der Waals surface area contributed by atoms with Crippen molar-refractivity contribution in [1.29, 1.82) is 0 Å². The molecule has 2 aromatic rings. The van der Waals surface area contributed by atoms with E-state index in [1.165, 1.54) is 0 Å². The molecule has 0 aliphatic heterocycles. The van der Waals surface area contributed by atoms with Crippen LogP contribution in [-0.4, -0.2) is 22.6 Å². The number of rotatable bonds is 3. The van der Waals surface area contributed by atoms with Crippen LogP contribution in [0.1, 0.15) is 16.1 Å². The van der Waals surface area contributed by atoms with Crippen LogP contribution in [-0.2, 0) is 6.42 Å². The molecule has 4 heteroatoms. The van der Waals surface area contributed by atoms with Crippen molar-refractivity contribution in [1.82, 2.24) is 4.98 Å². The van der Waals surface area contributed by atoms with Gasteiger partial charge in [-0.3, -0.25) is 9.78 Å². The second-order valence-corrected chi connectivity index (χ2v) is 3.55. The summed E-state index contributed by atoms with van der Waals surface area (Å²) in [5.41, 5.74) is 7.30. The molecule has 1 aromatic heterocycles. The number of aromatic nitrogens is 1. The Kier molecular flexibility index (Phi) is 2.83. The van der Waals surface area contributed by atoms with E-state index in [-0.39, 0.29) is 6.61 Å². The number of nitrogens with two attached hydrogens (primary N) is 1. The van der Waals surface area contributed by atoms with Crippen LogP contribution < -0.4 is 5.73 Å². The van der Waals surface area contributed by atoms with Crippen LogP contribution in [0.4, 0.5) is 0 Å². The molecule has 1 amide bonds. The summed E-state index contributed by atoms with van der Waals surface area (Å²) in [6.45, 7) is 0.0812. The summed E-state index contributed by atoms with van der Waals surface area (Å²) in [6.07, 6.45) is 0.535. The first kappa shape index (κ1) is 10.6. The minimum absolute atomic E-state index is 0.0812. The van der Waals surface area contributed by atoms with Crippen molar-refractivity contribution in [3.8, 4) is 0 Å². The number of carbonyl (C=O) groups excluding carboxylic acids is 1. The van der Waals surface area contributed by atoms with Crippen molar-refractivity contribution >= 4 is 16.8 Å². The second kappa shape index (κ2) is 4.28. The SMILES string of the molecule is NC(=O)c1ccc2nc(CCO)ccc2c1. The molecule has 0 saturated heterocycles. The van der Waals surface area contributed by atoms with E-state index < -0.39 is 5.91 Å². The Labute approximate surface area is 92.7 Å². The maximum absolute atomic E-state index is 11.0. The lowest BCUT2D eigenvalue weighted by atomic mass is 10.1. The Bertz CT molecular complexity index is 538. The molecular weight excluding hydrogens is 204 g/mol. The Balaban J connectivity index is 2.48. The van der Waals surface area contributed by atoms with Crippen LogP contribution in [0, 0.1) is 0 Å². The molecule has 2 rings (SSSR count). The fraction of sp³-hybridized carbons (Fsp3) is 0.167. The minimum Gasteiger partial charge on any atom is -0.396 e. The van der Waals surface area contributed by atoms with Crippen LogP contribution in [0.2, 0.25) is 0 Å². The average Bonchev–Trinajstić information content (AvgIpc) is 2.28. The van der Waals surface area contributed by atoms with Crippen molar-refractivity contribution < 1.29 is 9.90 Å². The summed E-state index contributed by atoms with van der Waals surface area (Å²) in [5.74, 6) is -0.443. The van der Waals surface area contributed by atoms with Gasteiger partial charge in [0.25, 0.3) is 0 Å². The molecule has 0 radical (unpaired) electrons. The largest absolute Gasteiger partial charge is 0.396 e. The van der Waals surface area contributed by atoms with E-state index in [1.807, 2.05) is 12.1 Å². The number of pyridine rings is 1. The molecule has 0 saturated carbocycles. The molecule has 0 atom stereocenters. The summed E-state index contributed by atoms with van der Waals surface area (Å²) in [7, 11) is 0. The van der Waals surface area contributed by atoms with Crippen molar-refractivity contribution in [2.45, 2.75) is 6.42 Å². The van der Waals surface area contributed by atoms with Crippen molar-refractivity contribution in [3.05, 3.63) is 41.6 Å². The Morgan fingerprint density at radius 1 is 1.31 bits per heavy atom. The molecule has 3 N–H and O–H groups in total. The average molecular weight is 216 g/mol. The minimum atomic E-state index is -0.443. The normalized spacial score (nSPS) is 10.6. The van der Waals surface area contributed by atoms with E-state index >= 15 is 0 Å². The van der Waals surface area contributed by atoms with Gasteiger partial charge in [-0.1, -0.05) is 6.07 Å². The van der Waals surface area contributed by atoms with Crippen LogP contribution in [0.3, 0.4) is 0 Å². The quantitative estimate of drug-likeness (QED) is 0.799.